The van der Waals surface area contributed by atoms with Crippen molar-refractivity contribution >= 4 is 23.6 Å². The predicted molar refractivity (Wildman–Crippen MR) is 100 cm³/mol. The van der Waals surface area contributed by atoms with Gasteiger partial charge in [0.1, 0.15) is 6.04 Å². The van der Waals surface area contributed by atoms with Crippen molar-refractivity contribution < 1.29 is 9.59 Å². The maximum absolute atomic E-state index is 12.8. The molecule has 4 nitrogen and oxygen atoms in total. The quantitative estimate of drug-likeness (QED) is 0.858. The van der Waals surface area contributed by atoms with E-state index in [9.17, 15) is 9.59 Å². The van der Waals surface area contributed by atoms with E-state index in [1.54, 1.807) is 16.7 Å². The minimum atomic E-state index is -0.369. The number of amides is 2. The second-order valence-electron chi connectivity index (χ2n) is 6.90. The molecule has 0 bridgehead atoms. The van der Waals surface area contributed by atoms with Crippen LogP contribution in [0.2, 0.25) is 0 Å². The van der Waals surface area contributed by atoms with Gasteiger partial charge in [0.2, 0.25) is 5.91 Å². The summed E-state index contributed by atoms with van der Waals surface area (Å²) in [5, 5.41) is 2.99. The number of hydrogen-bond donors (Lipinski definition) is 1. The number of rotatable bonds is 6. The predicted octanol–water partition coefficient (Wildman–Crippen LogP) is 3.31. The highest BCUT2D eigenvalue weighted by Crippen LogP contribution is 2.24. The second kappa shape index (κ2) is 8.56. The van der Waals surface area contributed by atoms with Crippen molar-refractivity contribution in [2.45, 2.75) is 52.6 Å². The zero-order valence-electron chi connectivity index (χ0n) is 15.0. The molecule has 1 N–H and O–H groups in total. The van der Waals surface area contributed by atoms with Gasteiger partial charge in [0.05, 0.1) is 5.88 Å². The van der Waals surface area contributed by atoms with Crippen LogP contribution in [-0.4, -0.2) is 40.4 Å². The van der Waals surface area contributed by atoms with Crippen LogP contribution in [0.3, 0.4) is 0 Å². The number of carbonyl (C=O) groups excluding carboxylic acids is 2. The summed E-state index contributed by atoms with van der Waals surface area (Å²) in [6, 6.07) is 7.57. The van der Waals surface area contributed by atoms with Crippen LogP contribution in [0.15, 0.2) is 24.3 Å². The third-order valence-corrected chi connectivity index (χ3v) is 5.30. The number of hydrogen-bond acceptors (Lipinski definition) is 3. The lowest BCUT2D eigenvalue weighted by molar-refractivity contribution is -0.125. The Hall–Kier alpha value is -1.49. The molecule has 132 valence electrons. The van der Waals surface area contributed by atoms with E-state index in [1.807, 2.05) is 38.1 Å². The molecule has 1 fully saturated rings. The van der Waals surface area contributed by atoms with Crippen LogP contribution >= 0.6 is 11.8 Å². The molecule has 1 heterocycles. The molecule has 2 unspecified atom stereocenters. The Labute approximate surface area is 149 Å². The molecule has 0 aromatic heterocycles. The monoisotopic (exact) mass is 348 g/mol. The van der Waals surface area contributed by atoms with Crippen molar-refractivity contribution in [2.24, 2.45) is 5.92 Å². The molecule has 1 aliphatic heterocycles. The van der Waals surface area contributed by atoms with Gasteiger partial charge in [0, 0.05) is 17.4 Å². The smallest absolute Gasteiger partial charge is 0.255 e. The normalized spacial score (nSPS) is 18.7. The first-order valence-electron chi connectivity index (χ1n) is 8.70. The fourth-order valence-corrected chi connectivity index (χ4v) is 3.88. The lowest BCUT2D eigenvalue weighted by atomic mass is 10.0. The molecule has 5 heteroatoms. The van der Waals surface area contributed by atoms with Gasteiger partial charge in [-0.25, -0.2) is 0 Å². The zero-order valence-corrected chi connectivity index (χ0v) is 15.9. The number of thioether (sulfide) groups is 1. The molecule has 0 aliphatic carbocycles. The number of nitrogens with one attached hydrogen (secondary N) is 1. The summed E-state index contributed by atoms with van der Waals surface area (Å²) in [6.45, 7) is 8.39. The minimum absolute atomic E-state index is 0.0425. The maximum atomic E-state index is 12.8. The molecule has 24 heavy (non-hydrogen) atoms. The fraction of sp³-hybridized carbons (Fsp3) is 0.579. The number of benzene rings is 1. The minimum Gasteiger partial charge on any atom is -0.352 e. The van der Waals surface area contributed by atoms with Gasteiger partial charge in [0.15, 0.2) is 0 Å². The van der Waals surface area contributed by atoms with E-state index in [-0.39, 0.29) is 23.9 Å². The zero-order chi connectivity index (χ0) is 17.7. The highest BCUT2D eigenvalue weighted by Gasteiger charge is 2.35. The first kappa shape index (κ1) is 18.8. The molecule has 1 aliphatic rings. The van der Waals surface area contributed by atoms with E-state index in [0.29, 0.717) is 23.1 Å². The van der Waals surface area contributed by atoms with Crippen LogP contribution in [0.5, 0.6) is 0 Å². The van der Waals surface area contributed by atoms with Crippen LogP contribution in [0, 0.1) is 5.92 Å². The first-order valence-corrected chi connectivity index (χ1v) is 9.85. The molecule has 0 saturated carbocycles. The largest absolute Gasteiger partial charge is 0.352 e. The van der Waals surface area contributed by atoms with Crippen molar-refractivity contribution in [2.75, 3.05) is 11.6 Å². The Morgan fingerprint density at radius 2 is 1.92 bits per heavy atom. The van der Waals surface area contributed by atoms with E-state index < -0.39 is 0 Å². The van der Waals surface area contributed by atoms with Crippen LogP contribution in [-0.2, 0) is 11.2 Å². The standard InChI is InChI=1S/C19H28N2O2S/c1-5-14(4)20-18(22)17-11-24-12-21(17)19(23)16-8-6-15(7-9-16)10-13(2)3/h6-9,13-14,17H,5,10-12H2,1-4H3,(H,20,22). The summed E-state index contributed by atoms with van der Waals surface area (Å²) >= 11 is 1.63. The van der Waals surface area contributed by atoms with Crippen molar-refractivity contribution in [1.82, 2.24) is 10.2 Å². The van der Waals surface area contributed by atoms with Gasteiger partial charge in [-0.3, -0.25) is 9.59 Å². The van der Waals surface area contributed by atoms with E-state index in [2.05, 4.69) is 19.2 Å². The van der Waals surface area contributed by atoms with Crippen molar-refractivity contribution in [3.63, 3.8) is 0 Å². The fourth-order valence-electron chi connectivity index (χ4n) is 2.72. The SMILES string of the molecule is CCC(C)NC(=O)C1CSCN1C(=O)c1ccc(CC(C)C)cc1. The summed E-state index contributed by atoms with van der Waals surface area (Å²) < 4.78 is 0. The third-order valence-electron chi connectivity index (χ3n) is 4.29. The lowest BCUT2D eigenvalue weighted by Gasteiger charge is -2.24. The van der Waals surface area contributed by atoms with Gasteiger partial charge < -0.3 is 10.2 Å². The van der Waals surface area contributed by atoms with Crippen molar-refractivity contribution in [1.29, 1.82) is 0 Å². The Bertz CT molecular complexity index is 571. The Balaban J connectivity index is 2.06. The molecule has 2 atom stereocenters. The molecule has 1 saturated heterocycles. The summed E-state index contributed by atoms with van der Waals surface area (Å²) in [7, 11) is 0. The van der Waals surface area contributed by atoms with Gasteiger partial charge in [0.25, 0.3) is 5.91 Å². The van der Waals surface area contributed by atoms with Crippen LogP contribution < -0.4 is 5.32 Å². The molecular weight excluding hydrogens is 320 g/mol. The lowest BCUT2D eigenvalue weighted by Crippen LogP contribution is -2.49. The van der Waals surface area contributed by atoms with Crippen molar-refractivity contribution in [3.8, 4) is 0 Å². The molecule has 0 spiro atoms. The average Bonchev–Trinajstić information content (AvgIpc) is 3.04. The van der Waals surface area contributed by atoms with Gasteiger partial charge in [-0.15, -0.1) is 11.8 Å². The third kappa shape index (κ3) is 4.76. The summed E-state index contributed by atoms with van der Waals surface area (Å²) in [6.07, 6.45) is 1.89. The van der Waals surface area contributed by atoms with Crippen LogP contribution in [0.1, 0.15) is 50.0 Å². The first-order chi connectivity index (χ1) is 11.4. The highest BCUT2D eigenvalue weighted by atomic mass is 32.2. The summed E-state index contributed by atoms with van der Waals surface area (Å²) in [5.74, 6) is 1.74. The van der Waals surface area contributed by atoms with E-state index in [4.69, 9.17) is 0 Å². The Kier molecular flexibility index (Phi) is 6.72. The van der Waals surface area contributed by atoms with Gasteiger partial charge in [-0.2, -0.15) is 0 Å². The molecule has 2 rings (SSSR count). The number of carbonyl (C=O) groups is 2. The van der Waals surface area contributed by atoms with E-state index in [0.717, 1.165) is 12.8 Å². The average molecular weight is 349 g/mol. The van der Waals surface area contributed by atoms with E-state index >= 15 is 0 Å². The Morgan fingerprint density at radius 1 is 1.25 bits per heavy atom. The maximum Gasteiger partial charge on any atom is 0.255 e. The van der Waals surface area contributed by atoms with Crippen LogP contribution in [0.4, 0.5) is 0 Å². The van der Waals surface area contributed by atoms with Gasteiger partial charge in [-0.05, 0) is 43.4 Å². The topological polar surface area (TPSA) is 49.4 Å². The molecule has 0 radical (unpaired) electrons. The molecule has 2 amide bonds. The summed E-state index contributed by atoms with van der Waals surface area (Å²) in [5.41, 5.74) is 1.90. The highest BCUT2D eigenvalue weighted by molar-refractivity contribution is 7.99. The van der Waals surface area contributed by atoms with Gasteiger partial charge in [-0.1, -0.05) is 32.9 Å². The summed E-state index contributed by atoms with van der Waals surface area (Å²) in [4.78, 5) is 26.9. The molecule has 1 aromatic carbocycles. The van der Waals surface area contributed by atoms with Crippen molar-refractivity contribution in [3.05, 3.63) is 35.4 Å². The molecular formula is C19H28N2O2S. The second-order valence-corrected chi connectivity index (χ2v) is 7.90. The van der Waals surface area contributed by atoms with Gasteiger partial charge >= 0.3 is 0 Å². The Morgan fingerprint density at radius 3 is 2.50 bits per heavy atom. The number of nitrogens with zero attached hydrogens (tertiary/aromatic N) is 1. The van der Waals surface area contributed by atoms with Crippen LogP contribution in [0.25, 0.3) is 0 Å². The van der Waals surface area contributed by atoms with E-state index in [1.165, 1.54) is 5.56 Å². The molecule has 1 aromatic rings.